The predicted octanol–water partition coefficient (Wildman–Crippen LogP) is 2.98. The summed E-state index contributed by atoms with van der Waals surface area (Å²) in [7, 11) is 0. The summed E-state index contributed by atoms with van der Waals surface area (Å²) in [5.41, 5.74) is 0.426. The topological polar surface area (TPSA) is 107 Å². The van der Waals surface area contributed by atoms with Crippen LogP contribution in [0.15, 0.2) is 24.3 Å². The predicted molar refractivity (Wildman–Crippen MR) is 79.9 cm³/mol. The average Bonchev–Trinajstić information content (AvgIpc) is 2.37. The van der Waals surface area contributed by atoms with Crippen LogP contribution < -0.4 is 5.32 Å². The summed E-state index contributed by atoms with van der Waals surface area (Å²) in [6.07, 6.45) is 0. The Labute approximate surface area is 131 Å². The van der Waals surface area contributed by atoms with Crippen LogP contribution in [0.25, 0.3) is 0 Å². The fraction of sp³-hybridized carbons (Fsp3) is 0.231. The number of rotatable bonds is 3. The number of hydrogen-bond donors (Lipinski definition) is 2. The number of hydrogen-bond acceptors (Lipinski definition) is 5. The smallest absolute Gasteiger partial charge is 0.321 e. The van der Waals surface area contributed by atoms with Crippen molar-refractivity contribution in [1.82, 2.24) is 5.32 Å². The molecule has 1 atom stereocenters. The van der Waals surface area contributed by atoms with Crippen LogP contribution in [0.5, 0.6) is 0 Å². The summed E-state index contributed by atoms with van der Waals surface area (Å²) in [5, 5.41) is 17.1. The van der Waals surface area contributed by atoms with Gasteiger partial charge in [0.1, 0.15) is 5.25 Å². The molecule has 0 saturated carbocycles. The molecule has 2 amide bonds. The summed E-state index contributed by atoms with van der Waals surface area (Å²) in [4.78, 5) is 33.1. The highest BCUT2D eigenvalue weighted by atomic mass is 35.5. The molecule has 1 aromatic carbocycles. The van der Waals surface area contributed by atoms with E-state index >= 15 is 0 Å². The van der Waals surface area contributed by atoms with E-state index in [0.717, 1.165) is 0 Å². The van der Waals surface area contributed by atoms with Gasteiger partial charge in [0, 0.05) is 18.9 Å². The molecule has 0 spiro atoms. The van der Waals surface area contributed by atoms with E-state index in [1.54, 1.807) is 6.07 Å². The van der Waals surface area contributed by atoms with Crippen LogP contribution in [-0.4, -0.2) is 22.2 Å². The van der Waals surface area contributed by atoms with E-state index < -0.39 is 22.4 Å². The number of carboxylic acids is 1. The quantitative estimate of drug-likeness (QED) is 0.883. The summed E-state index contributed by atoms with van der Waals surface area (Å²) in [5.74, 6) is -1.70. The molecule has 0 radical (unpaired) electrons. The molecule has 0 aromatic heterocycles. The Kier molecular flexibility index (Phi) is 8.85. The number of benzene rings is 1. The molecule has 0 unspecified atom stereocenters. The van der Waals surface area contributed by atoms with E-state index in [9.17, 15) is 14.4 Å². The lowest BCUT2D eigenvalue weighted by Gasteiger charge is -2.11. The molecule has 0 fully saturated rings. The molecule has 6 nitrogen and oxygen atoms in total. The second-order valence-electron chi connectivity index (χ2n) is 3.58. The Bertz CT molecular complexity index is 554. The number of halogens is 1. The van der Waals surface area contributed by atoms with Crippen LogP contribution in [0.3, 0.4) is 0 Å². The van der Waals surface area contributed by atoms with E-state index in [2.05, 4.69) is 0 Å². The highest BCUT2D eigenvalue weighted by Gasteiger charge is 2.24. The van der Waals surface area contributed by atoms with E-state index in [4.69, 9.17) is 22.0 Å². The van der Waals surface area contributed by atoms with E-state index in [1.807, 2.05) is 5.32 Å². The normalized spacial score (nSPS) is 10.4. The molecule has 21 heavy (non-hydrogen) atoms. The Morgan fingerprint density at radius 1 is 1.33 bits per heavy atom. The molecule has 0 heterocycles. The summed E-state index contributed by atoms with van der Waals surface area (Å²) < 4.78 is 0. The molecular formula is C13H13ClN2O4S. The molecule has 112 valence electrons. The number of carbonyl (C=O) groups is 3. The first-order valence-electron chi connectivity index (χ1n) is 5.59. The maximum absolute atomic E-state index is 11.4. The Hall–Kier alpha value is -2.04. The maximum Gasteiger partial charge on any atom is 0.321 e. The Balaban J connectivity index is 0.00000122. The lowest BCUT2D eigenvalue weighted by Crippen LogP contribution is -2.25. The average molecular weight is 329 g/mol. The third kappa shape index (κ3) is 7.97. The van der Waals surface area contributed by atoms with Crippen LogP contribution in [0.1, 0.15) is 24.7 Å². The van der Waals surface area contributed by atoms with E-state index in [-0.39, 0.29) is 0 Å². The van der Waals surface area contributed by atoms with Gasteiger partial charge >= 0.3 is 5.97 Å². The van der Waals surface area contributed by atoms with Crippen molar-refractivity contribution in [3.05, 3.63) is 34.9 Å². The molecule has 8 heteroatoms. The van der Waals surface area contributed by atoms with Crippen molar-refractivity contribution < 1.29 is 19.5 Å². The van der Waals surface area contributed by atoms with Crippen molar-refractivity contribution in [2.24, 2.45) is 0 Å². The molecule has 2 N–H and O–H groups in total. The van der Waals surface area contributed by atoms with Gasteiger partial charge in [-0.25, -0.2) is 0 Å². The highest BCUT2D eigenvalue weighted by Crippen LogP contribution is 2.30. The number of nitrogens with one attached hydrogen (secondary N) is 1. The maximum atomic E-state index is 11.4. The van der Waals surface area contributed by atoms with Crippen molar-refractivity contribution in [2.45, 2.75) is 19.1 Å². The number of amides is 2. The van der Waals surface area contributed by atoms with Gasteiger partial charge in [0.05, 0.1) is 6.07 Å². The zero-order valence-corrected chi connectivity index (χ0v) is 12.9. The Morgan fingerprint density at radius 3 is 2.19 bits per heavy atom. The number of nitriles is 1. The zero-order chi connectivity index (χ0) is 16.4. The summed E-state index contributed by atoms with van der Waals surface area (Å²) in [6.45, 7) is 2.61. The standard InChI is InChI=1S/C11H10ClNO4S.C2H3N/c1-6(14)13-11(17)18-9(10(15)16)7-2-4-8(12)5-3-7;1-2-3/h2-5,9H,1H3,(H,15,16)(H,13,14,17);1H3/t9-;/m1./s1. The van der Waals surface area contributed by atoms with Crippen LogP contribution in [0.4, 0.5) is 4.79 Å². The van der Waals surface area contributed by atoms with Crippen molar-refractivity contribution in [3.63, 3.8) is 0 Å². The zero-order valence-electron chi connectivity index (χ0n) is 11.3. The SMILES string of the molecule is CC#N.CC(=O)NC(=O)S[C@@H](C(=O)O)c1ccc(Cl)cc1. The van der Waals surface area contributed by atoms with Gasteiger partial charge in [0.25, 0.3) is 5.24 Å². The van der Waals surface area contributed by atoms with Gasteiger partial charge < -0.3 is 5.11 Å². The molecule has 0 bridgehead atoms. The number of carbonyl (C=O) groups excluding carboxylic acids is 2. The van der Waals surface area contributed by atoms with E-state index in [1.165, 1.54) is 38.1 Å². The molecule has 0 aliphatic carbocycles. The fourth-order valence-corrected chi connectivity index (χ4v) is 2.12. The first-order chi connectivity index (χ1) is 9.81. The number of carboxylic acid groups (broad SMARTS) is 1. The molecule has 1 aromatic rings. The van der Waals surface area contributed by atoms with E-state index in [0.29, 0.717) is 22.3 Å². The van der Waals surface area contributed by atoms with Gasteiger partial charge in [0.15, 0.2) is 0 Å². The lowest BCUT2D eigenvalue weighted by molar-refractivity contribution is -0.136. The summed E-state index contributed by atoms with van der Waals surface area (Å²) in [6, 6.07) is 7.87. The second-order valence-corrected chi connectivity index (χ2v) is 5.09. The van der Waals surface area contributed by atoms with Gasteiger partial charge in [-0.3, -0.25) is 19.7 Å². The lowest BCUT2D eigenvalue weighted by atomic mass is 10.1. The number of thioether (sulfide) groups is 1. The largest absolute Gasteiger partial charge is 0.480 e. The first-order valence-corrected chi connectivity index (χ1v) is 6.84. The molecule has 1 rings (SSSR count). The number of aliphatic carboxylic acids is 1. The van der Waals surface area contributed by atoms with Crippen LogP contribution >= 0.6 is 23.4 Å². The second kappa shape index (κ2) is 9.80. The van der Waals surface area contributed by atoms with Gasteiger partial charge in [-0.1, -0.05) is 23.7 Å². The third-order valence-electron chi connectivity index (χ3n) is 1.90. The minimum atomic E-state index is -1.17. The van der Waals surface area contributed by atoms with Crippen LogP contribution in [0.2, 0.25) is 5.02 Å². The van der Waals surface area contributed by atoms with Crippen LogP contribution in [-0.2, 0) is 9.59 Å². The minimum absolute atomic E-state index is 0.426. The molecule has 0 saturated heterocycles. The number of imide groups is 1. The minimum Gasteiger partial charge on any atom is -0.480 e. The van der Waals surface area contributed by atoms with Crippen molar-refractivity contribution in [1.29, 1.82) is 5.26 Å². The Morgan fingerprint density at radius 2 is 1.81 bits per heavy atom. The fourth-order valence-electron chi connectivity index (χ4n) is 1.18. The van der Waals surface area contributed by atoms with Crippen molar-refractivity contribution >= 4 is 40.5 Å². The van der Waals surface area contributed by atoms with Gasteiger partial charge in [-0.15, -0.1) is 0 Å². The highest BCUT2D eigenvalue weighted by molar-refractivity contribution is 8.14. The van der Waals surface area contributed by atoms with Crippen molar-refractivity contribution in [3.8, 4) is 6.07 Å². The third-order valence-corrected chi connectivity index (χ3v) is 3.18. The van der Waals surface area contributed by atoms with Gasteiger partial charge in [-0.05, 0) is 29.5 Å². The molecule has 0 aliphatic heterocycles. The molecular weight excluding hydrogens is 316 g/mol. The summed E-state index contributed by atoms with van der Waals surface area (Å²) >= 11 is 6.22. The number of nitrogens with zero attached hydrogens (tertiary/aromatic N) is 1. The van der Waals surface area contributed by atoms with Gasteiger partial charge in [0.2, 0.25) is 5.91 Å². The molecule has 0 aliphatic rings. The van der Waals surface area contributed by atoms with Gasteiger partial charge in [-0.2, -0.15) is 5.26 Å². The van der Waals surface area contributed by atoms with Crippen LogP contribution in [0, 0.1) is 11.3 Å². The monoisotopic (exact) mass is 328 g/mol. The van der Waals surface area contributed by atoms with Crippen molar-refractivity contribution in [2.75, 3.05) is 0 Å². The first kappa shape index (κ1) is 19.0.